The molecule has 0 bridgehead atoms. The summed E-state index contributed by atoms with van der Waals surface area (Å²) in [4.78, 5) is 10.2. The van der Waals surface area contributed by atoms with E-state index in [1.165, 1.54) is 0 Å². The zero-order valence-corrected chi connectivity index (χ0v) is 6.10. The summed E-state index contributed by atoms with van der Waals surface area (Å²) >= 11 is 0. The molecule has 10 heavy (non-hydrogen) atoms. The molecule has 4 nitrogen and oxygen atoms in total. The van der Waals surface area contributed by atoms with E-state index in [1.54, 1.807) is 0 Å². The van der Waals surface area contributed by atoms with Gasteiger partial charge in [-0.15, -0.1) is 12.4 Å². The van der Waals surface area contributed by atoms with Crippen molar-refractivity contribution >= 4 is 18.4 Å². The Bertz CT molecular complexity index is 130. The normalized spacial score (nSPS) is 31.3. The smallest absolute Gasteiger partial charge is 0.323 e. The third-order valence-corrected chi connectivity index (χ3v) is 1.46. The Labute approximate surface area is 64.6 Å². The van der Waals surface area contributed by atoms with Crippen LogP contribution in [0.1, 0.15) is 6.42 Å². The molecule has 0 saturated carbocycles. The summed E-state index contributed by atoms with van der Waals surface area (Å²) in [7, 11) is 0. The summed E-state index contributed by atoms with van der Waals surface area (Å²) in [6, 6.07) is -0.745. The molecule has 1 aliphatic heterocycles. The van der Waals surface area contributed by atoms with Crippen LogP contribution in [-0.2, 0) is 4.79 Å². The Morgan fingerprint density at radius 2 is 2.20 bits per heavy atom. The Morgan fingerprint density at radius 1 is 1.60 bits per heavy atom. The molecule has 1 fully saturated rings. The molecule has 0 spiro atoms. The maximum atomic E-state index is 10.2. The van der Waals surface area contributed by atoms with Crippen molar-refractivity contribution in [1.82, 2.24) is 5.32 Å². The van der Waals surface area contributed by atoms with E-state index in [1.807, 2.05) is 0 Å². The first kappa shape index (κ1) is 9.68. The van der Waals surface area contributed by atoms with Crippen molar-refractivity contribution in [3.8, 4) is 0 Å². The van der Waals surface area contributed by atoms with Crippen LogP contribution in [0.3, 0.4) is 0 Å². The van der Waals surface area contributed by atoms with Gasteiger partial charge in [-0.25, -0.2) is 0 Å². The van der Waals surface area contributed by atoms with Gasteiger partial charge in [-0.1, -0.05) is 0 Å². The first-order chi connectivity index (χ1) is 4.22. The van der Waals surface area contributed by atoms with Crippen LogP contribution in [0, 0.1) is 0 Å². The molecule has 0 aromatic carbocycles. The van der Waals surface area contributed by atoms with Crippen molar-refractivity contribution in [2.75, 3.05) is 6.54 Å². The molecule has 5 heteroatoms. The third kappa shape index (κ3) is 1.83. The van der Waals surface area contributed by atoms with Gasteiger partial charge in [0, 0.05) is 0 Å². The minimum Gasteiger partial charge on any atom is -0.480 e. The largest absolute Gasteiger partial charge is 0.480 e. The molecule has 0 aromatic heterocycles. The number of hydrogen-bond donors (Lipinski definition) is 3. The lowest BCUT2D eigenvalue weighted by Gasteiger charge is -2.06. The first-order valence-corrected chi connectivity index (χ1v) is 2.86. The van der Waals surface area contributed by atoms with Gasteiger partial charge in [0.1, 0.15) is 6.04 Å². The van der Waals surface area contributed by atoms with Gasteiger partial charge in [0.05, 0.1) is 6.10 Å². The van der Waals surface area contributed by atoms with E-state index >= 15 is 0 Å². The molecule has 3 N–H and O–H groups in total. The van der Waals surface area contributed by atoms with Crippen LogP contribution in [0.25, 0.3) is 0 Å². The number of aliphatic hydroxyl groups is 1. The molecule has 0 aliphatic carbocycles. The van der Waals surface area contributed by atoms with Crippen molar-refractivity contribution < 1.29 is 15.0 Å². The van der Waals surface area contributed by atoms with Crippen molar-refractivity contribution in [2.24, 2.45) is 0 Å². The average molecular weight is 168 g/mol. The van der Waals surface area contributed by atoms with Crippen molar-refractivity contribution in [1.29, 1.82) is 0 Å². The SMILES string of the molecule is Cl.O=C(O)[C@H]1NCCC1O. The molecular formula is C5H10ClNO3. The lowest BCUT2D eigenvalue weighted by atomic mass is 10.2. The summed E-state index contributed by atoms with van der Waals surface area (Å²) in [6.07, 6.45) is -0.167. The third-order valence-electron chi connectivity index (χ3n) is 1.46. The molecule has 60 valence electrons. The fourth-order valence-electron chi connectivity index (χ4n) is 0.941. The van der Waals surface area contributed by atoms with Crippen LogP contribution in [0.15, 0.2) is 0 Å². The Kier molecular flexibility index (Phi) is 3.63. The summed E-state index contributed by atoms with van der Waals surface area (Å²) in [5.41, 5.74) is 0. The molecular weight excluding hydrogens is 158 g/mol. The van der Waals surface area contributed by atoms with Crippen LogP contribution in [0.5, 0.6) is 0 Å². The molecule has 1 heterocycles. The number of carboxylic acids is 1. The zero-order valence-electron chi connectivity index (χ0n) is 5.28. The first-order valence-electron chi connectivity index (χ1n) is 2.86. The molecule has 0 radical (unpaired) electrons. The lowest BCUT2D eigenvalue weighted by Crippen LogP contribution is -2.38. The monoisotopic (exact) mass is 167 g/mol. The fourth-order valence-corrected chi connectivity index (χ4v) is 0.941. The van der Waals surface area contributed by atoms with E-state index in [9.17, 15) is 4.79 Å². The van der Waals surface area contributed by atoms with Crippen molar-refractivity contribution in [3.63, 3.8) is 0 Å². The summed E-state index contributed by atoms with van der Waals surface area (Å²) in [5, 5.41) is 19.9. The van der Waals surface area contributed by atoms with Crippen LogP contribution in [0.2, 0.25) is 0 Å². The zero-order chi connectivity index (χ0) is 6.85. The number of aliphatic carboxylic acids is 1. The second-order valence-corrected chi connectivity index (χ2v) is 2.13. The maximum absolute atomic E-state index is 10.2. The van der Waals surface area contributed by atoms with Gasteiger partial charge in [-0.2, -0.15) is 0 Å². The number of nitrogens with one attached hydrogen (secondary N) is 1. The van der Waals surface area contributed by atoms with Gasteiger partial charge in [-0.05, 0) is 13.0 Å². The van der Waals surface area contributed by atoms with Gasteiger partial charge in [0.15, 0.2) is 0 Å². The molecule has 0 aromatic rings. The second kappa shape index (κ2) is 3.75. The topological polar surface area (TPSA) is 69.6 Å². The van der Waals surface area contributed by atoms with Gasteiger partial charge in [0.25, 0.3) is 0 Å². The quantitative estimate of drug-likeness (QED) is 0.479. The number of halogens is 1. The highest BCUT2D eigenvalue weighted by molar-refractivity contribution is 5.85. The molecule has 1 aliphatic rings. The van der Waals surface area contributed by atoms with E-state index in [2.05, 4.69) is 5.32 Å². The number of carbonyl (C=O) groups is 1. The Hall–Kier alpha value is -0.320. The van der Waals surface area contributed by atoms with Gasteiger partial charge in [0.2, 0.25) is 0 Å². The highest BCUT2D eigenvalue weighted by Crippen LogP contribution is 2.05. The summed E-state index contributed by atoms with van der Waals surface area (Å²) < 4.78 is 0. The van der Waals surface area contributed by atoms with Crippen molar-refractivity contribution in [2.45, 2.75) is 18.6 Å². The average Bonchev–Trinajstić information content (AvgIpc) is 2.13. The minimum atomic E-state index is -0.972. The highest BCUT2D eigenvalue weighted by atomic mass is 35.5. The van der Waals surface area contributed by atoms with Crippen LogP contribution in [0.4, 0.5) is 0 Å². The van der Waals surface area contributed by atoms with Crippen LogP contribution >= 0.6 is 12.4 Å². The molecule has 2 atom stereocenters. The number of rotatable bonds is 1. The maximum Gasteiger partial charge on any atom is 0.323 e. The highest BCUT2D eigenvalue weighted by Gasteiger charge is 2.30. The van der Waals surface area contributed by atoms with Crippen LogP contribution < -0.4 is 5.32 Å². The number of hydrogen-bond acceptors (Lipinski definition) is 3. The van der Waals surface area contributed by atoms with Crippen LogP contribution in [-0.4, -0.2) is 34.9 Å². The van der Waals surface area contributed by atoms with Gasteiger partial charge >= 0.3 is 5.97 Å². The van der Waals surface area contributed by atoms with Crippen molar-refractivity contribution in [3.05, 3.63) is 0 Å². The van der Waals surface area contributed by atoms with E-state index < -0.39 is 18.1 Å². The van der Waals surface area contributed by atoms with Gasteiger partial charge < -0.3 is 15.5 Å². The lowest BCUT2D eigenvalue weighted by molar-refractivity contribution is -0.141. The second-order valence-electron chi connectivity index (χ2n) is 2.13. The summed E-state index contributed by atoms with van der Waals surface area (Å²) in [5.74, 6) is -0.972. The van der Waals surface area contributed by atoms with E-state index in [-0.39, 0.29) is 12.4 Å². The number of carboxylic acid groups (broad SMARTS) is 1. The van der Waals surface area contributed by atoms with E-state index in [0.29, 0.717) is 13.0 Å². The minimum absolute atomic E-state index is 0. The number of aliphatic hydroxyl groups excluding tert-OH is 1. The Morgan fingerprint density at radius 3 is 2.40 bits per heavy atom. The Balaban J connectivity index is 0.000000810. The summed E-state index contributed by atoms with van der Waals surface area (Å²) in [6.45, 7) is 0.595. The standard InChI is InChI=1S/C5H9NO3.ClH/c7-3-1-2-6-4(3)5(8)9;/h3-4,6-7H,1-2H2,(H,8,9);1H/t3?,4-;/m0./s1. The van der Waals surface area contributed by atoms with E-state index in [4.69, 9.17) is 10.2 Å². The fraction of sp³-hybridized carbons (Fsp3) is 0.800. The molecule has 1 rings (SSSR count). The molecule has 1 saturated heterocycles. The van der Waals surface area contributed by atoms with E-state index in [0.717, 1.165) is 0 Å². The molecule has 0 amide bonds. The predicted octanol–water partition coefficient (Wildman–Crippen LogP) is -0.784. The van der Waals surface area contributed by atoms with Gasteiger partial charge in [-0.3, -0.25) is 4.79 Å². The molecule has 1 unspecified atom stereocenters. The predicted molar refractivity (Wildman–Crippen MR) is 37.3 cm³/mol.